The number of allylic oxidation sites excluding steroid dienone is 4. The Labute approximate surface area is 268 Å². The molecule has 12 heteroatoms. The highest BCUT2D eigenvalue weighted by Gasteiger charge is 2.76. The minimum atomic E-state index is -3.66. The number of ketones is 2. The Kier molecular flexibility index (Phi) is 9.27. The van der Waals surface area contributed by atoms with Gasteiger partial charge < -0.3 is 22.9 Å². The van der Waals surface area contributed by atoms with Gasteiger partial charge in [-0.1, -0.05) is 32.4 Å². The summed E-state index contributed by atoms with van der Waals surface area (Å²) in [5.41, 5.74) is -2.23. The third kappa shape index (κ3) is 4.92. The number of esters is 1. The second-order valence-corrected chi connectivity index (χ2v) is 15.7. The molecule has 3 fully saturated rings. The lowest BCUT2D eigenvalue weighted by Gasteiger charge is -2.64. The summed E-state index contributed by atoms with van der Waals surface area (Å²) in [6.45, 7) is 9.64. The van der Waals surface area contributed by atoms with E-state index in [4.69, 9.17) is 46.1 Å². The van der Waals surface area contributed by atoms with Gasteiger partial charge in [0.25, 0.3) is 0 Å². The molecular weight excluding hydrogens is 630 g/mol. The second-order valence-electron chi connectivity index (χ2n) is 12.8. The molecule has 4 aliphatic rings. The maximum absolute atomic E-state index is 14.0. The van der Waals surface area contributed by atoms with Gasteiger partial charge in [-0.25, -0.2) is 4.79 Å². The van der Waals surface area contributed by atoms with Crippen LogP contribution >= 0.6 is 30.8 Å². The smallest absolute Gasteiger partial charge is 0.356 e. The van der Waals surface area contributed by atoms with E-state index >= 15 is 0 Å². The molecule has 3 saturated carbocycles. The van der Waals surface area contributed by atoms with Gasteiger partial charge in [0, 0.05) is 16.7 Å². The number of alkyl halides is 2. The summed E-state index contributed by atoms with van der Waals surface area (Å²) in [5, 5.41) is 0. The van der Waals surface area contributed by atoms with E-state index in [0.717, 1.165) is 5.57 Å². The van der Waals surface area contributed by atoms with Gasteiger partial charge in [-0.2, -0.15) is 0 Å². The predicted octanol–water partition coefficient (Wildman–Crippen LogP) is 7.12. The van der Waals surface area contributed by atoms with Gasteiger partial charge in [-0.15, -0.1) is 23.2 Å². The zero-order valence-corrected chi connectivity index (χ0v) is 28.2. The van der Waals surface area contributed by atoms with E-state index in [1.807, 2.05) is 26.8 Å². The molecule has 44 heavy (non-hydrogen) atoms. The number of carbonyl (C=O) groups excluding carboxylic acids is 3. The highest BCUT2D eigenvalue weighted by Crippen LogP contribution is 2.73. The first-order valence-corrected chi connectivity index (χ1v) is 17.9. The van der Waals surface area contributed by atoms with Crippen molar-refractivity contribution < 1.29 is 41.9 Å². The molecule has 0 amide bonds. The van der Waals surface area contributed by atoms with Gasteiger partial charge in [0.15, 0.2) is 17.2 Å². The summed E-state index contributed by atoms with van der Waals surface area (Å²) >= 11 is 14.2. The molecule has 1 heterocycles. The van der Waals surface area contributed by atoms with Crippen LogP contribution in [0.3, 0.4) is 0 Å². The van der Waals surface area contributed by atoms with Crippen LogP contribution in [0.25, 0.3) is 0 Å². The monoisotopic (exact) mass is 670 g/mol. The Balaban J connectivity index is 1.65. The van der Waals surface area contributed by atoms with E-state index in [9.17, 15) is 18.9 Å². The fourth-order valence-corrected chi connectivity index (χ4v) is 11.1. The standard InChI is InChI=1S/C32H41Cl2O9P/c1-6-41-44(38,42-7-2)19-40-27-16-30(5)25(24-9-8-22-15-23(35)10-12-29(22,4)31(24,27)34)14-20(3)32(30,26(36)17-33)43-28(37)21-11-13-39-18-21/h10-13,15,18,20,24-25,27H,6-9,14,16-17,19H2,1-5H3/t20-,24+,25+,27+,29+,30+,31+,32+/m1/s1. The van der Waals surface area contributed by atoms with Gasteiger partial charge >= 0.3 is 13.6 Å². The summed E-state index contributed by atoms with van der Waals surface area (Å²) in [6, 6.07) is 1.49. The number of carbonyl (C=O) groups is 3. The van der Waals surface area contributed by atoms with Gasteiger partial charge in [-0.3, -0.25) is 14.2 Å². The molecule has 1 aromatic rings. The summed E-state index contributed by atoms with van der Waals surface area (Å²) in [5.74, 6) is -2.33. The van der Waals surface area contributed by atoms with E-state index in [1.54, 1.807) is 19.9 Å². The molecule has 1 aromatic heterocycles. The van der Waals surface area contributed by atoms with Crippen LogP contribution in [0.2, 0.25) is 0 Å². The van der Waals surface area contributed by atoms with Crippen LogP contribution in [0, 0.1) is 28.6 Å². The molecule has 0 unspecified atom stereocenters. The van der Waals surface area contributed by atoms with E-state index in [1.165, 1.54) is 24.7 Å². The van der Waals surface area contributed by atoms with Crippen LogP contribution in [0.1, 0.15) is 70.7 Å². The number of ether oxygens (including phenoxy) is 2. The number of Topliss-reactive ketones (excluding diaryl/α,β-unsaturated/α-hetero) is 1. The number of hydrogen-bond donors (Lipinski definition) is 0. The summed E-state index contributed by atoms with van der Waals surface area (Å²) in [6.07, 6.45) is 8.52. The Morgan fingerprint density at radius 1 is 1.16 bits per heavy atom. The molecule has 0 aromatic carbocycles. The SMILES string of the molecule is CCOP(=O)(CO[C@H]1C[C@@]2(C)[C@@H](C[C@@H](C)[C@]2(OC(=O)c2ccoc2)C(=O)CCl)[C@@H]2CCC3=CC(=O)C=C[C@]3(C)[C@@]12Cl)OCC. The highest BCUT2D eigenvalue weighted by molar-refractivity contribution is 7.53. The lowest BCUT2D eigenvalue weighted by Crippen LogP contribution is -2.70. The number of rotatable bonds is 11. The number of hydrogen-bond acceptors (Lipinski definition) is 9. The number of fused-ring (bicyclic) bond motifs is 5. The third-order valence-electron chi connectivity index (χ3n) is 10.8. The quantitative estimate of drug-likeness (QED) is 0.138. The van der Waals surface area contributed by atoms with Crippen molar-refractivity contribution in [2.45, 2.75) is 76.9 Å². The van der Waals surface area contributed by atoms with Gasteiger partial charge in [0.1, 0.15) is 12.6 Å². The first-order valence-electron chi connectivity index (χ1n) is 15.2. The summed E-state index contributed by atoms with van der Waals surface area (Å²) in [7, 11) is -3.66. The van der Waals surface area contributed by atoms with E-state index < -0.39 is 52.7 Å². The zero-order chi connectivity index (χ0) is 32.1. The van der Waals surface area contributed by atoms with Gasteiger partial charge in [0.05, 0.1) is 41.9 Å². The molecule has 242 valence electrons. The Morgan fingerprint density at radius 3 is 2.48 bits per heavy atom. The Bertz CT molecular complexity index is 1400. The zero-order valence-electron chi connectivity index (χ0n) is 25.8. The molecule has 0 saturated heterocycles. The Hall–Kier alpha value is -1.74. The van der Waals surface area contributed by atoms with Gasteiger partial charge in [0.2, 0.25) is 0 Å². The molecule has 0 bridgehead atoms. The van der Waals surface area contributed by atoms with Crippen molar-refractivity contribution in [3.8, 4) is 0 Å². The lowest BCUT2D eigenvalue weighted by atomic mass is 9.45. The van der Waals surface area contributed by atoms with Crippen molar-refractivity contribution in [2.24, 2.45) is 28.6 Å². The van der Waals surface area contributed by atoms with Crippen LogP contribution in [0.15, 0.2) is 46.8 Å². The summed E-state index contributed by atoms with van der Waals surface area (Å²) in [4.78, 5) is 38.9. The predicted molar refractivity (Wildman–Crippen MR) is 165 cm³/mol. The first kappa shape index (κ1) is 33.6. The van der Waals surface area contributed by atoms with Crippen LogP contribution in [0.5, 0.6) is 0 Å². The summed E-state index contributed by atoms with van der Waals surface area (Å²) < 4.78 is 42.7. The van der Waals surface area contributed by atoms with Crippen molar-refractivity contribution in [3.63, 3.8) is 0 Å². The van der Waals surface area contributed by atoms with Crippen molar-refractivity contribution in [3.05, 3.63) is 48.0 Å². The molecule has 0 aliphatic heterocycles. The average Bonchev–Trinajstić information content (AvgIpc) is 3.59. The molecule has 4 aliphatic carbocycles. The van der Waals surface area contributed by atoms with E-state index in [-0.39, 0.29) is 55.0 Å². The van der Waals surface area contributed by atoms with E-state index in [2.05, 4.69) is 0 Å². The second kappa shape index (κ2) is 12.1. The number of halogens is 2. The van der Waals surface area contributed by atoms with Crippen molar-refractivity contribution in [2.75, 3.05) is 25.4 Å². The minimum absolute atomic E-state index is 0.0983. The third-order valence-corrected chi connectivity index (χ3v) is 13.7. The first-order chi connectivity index (χ1) is 20.8. The minimum Gasteiger partial charge on any atom is -0.472 e. The van der Waals surface area contributed by atoms with Crippen molar-refractivity contribution in [1.82, 2.24) is 0 Å². The molecule has 0 spiro atoms. The van der Waals surface area contributed by atoms with Gasteiger partial charge in [-0.05, 0) is 69.6 Å². The van der Waals surface area contributed by atoms with Crippen LogP contribution in [0.4, 0.5) is 0 Å². The van der Waals surface area contributed by atoms with Crippen molar-refractivity contribution >= 4 is 48.3 Å². The average molecular weight is 672 g/mol. The largest absolute Gasteiger partial charge is 0.472 e. The highest BCUT2D eigenvalue weighted by atomic mass is 35.5. The maximum Gasteiger partial charge on any atom is 0.356 e. The van der Waals surface area contributed by atoms with Crippen LogP contribution in [-0.2, 0) is 32.7 Å². The molecule has 9 nitrogen and oxygen atoms in total. The topological polar surface area (TPSA) is 118 Å². The molecule has 8 atom stereocenters. The molecular formula is C32H41Cl2O9P. The maximum atomic E-state index is 14.0. The Morgan fingerprint density at radius 2 is 1.86 bits per heavy atom. The number of furan rings is 1. The van der Waals surface area contributed by atoms with E-state index in [0.29, 0.717) is 19.3 Å². The van der Waals surface area contributed by atoms with Crippen molar-refractivity contribution in [1.29, 1.82) is 0 Å². The van der Waals surface area contributed by atoms with Crippen LogP contribution in [-0.4, -0.2) is 59.6 Å². The lowest BCUT2D eigenvalue weighted by molar-refractivity contribution is -0.181. The molecule has 5 rings (SSSR count). The fourth-order valence-electron chi connectivity index (χ4n) is 8.91. The normalized spacial score (nSPS) is 38.0. The molecule has 0 N–H and O–H groups in total. The molecule has 0 radical (unpaired) electrons. The van der Waals surface area contributed by atoms with Crippen LogP contribution < -0.4 is 0 Å². The fraction of sp³-hybridized carbons (Fsp3) is 0.656.